The predicted molar refractivity (Wildman–Crippen MR) is 85.1 cm³/mol. The van der Waals surface area contributed by atoms with Crippen LogP contribution in [0, 0.1) is 0 Å². The average molecular weight is 305 g/mol. The lowest BCUT2D eigenvalue weighted by atomic mass is 10.2. The van der Waals surface area contributed by atoms with Gasteiger partial charge >= 0.3 is 6.03 Å². The average Bonchev–Trinajstić information content (AvgIpc) is 3.06. The first-order valence-electron chi connectivity index (χ1n) is 7.17. The van der Waals surface area contributed by atoms with Gasteiger partial charge in [-0.05, 0) is 24.6 Å². The van der Waals surface area contributed by atoms with Gasteiger partial charge in [0, 0.05) is 18.2 Å². The van der Waals surface area contributed by atoms with Crippen LogP contribution in [0.4, 0.5) is 10.5 Å². The van der Waals surface area contributed by atoms with Crippen molar-refractivity contribution in [1.29, 1.82) is 0 Å². The number of anilines is 1. The molecule has 1 aromatic carbocycles. The molecule has 0 saturated carbocycles. The zero-order valence-electron chi connectivity index (χ0n) is 12.2. The number of hydrogen-bond donors (Lipinski definition) is 2. The highest BCUT2D eigenvalue weighted by atomic mass is 32.1. The Bertz CT molecular complexity index is 647. The van der Waals surface area contributed by atoms with Crippen molar-refractivity contribution >= 4 is 33.3 Å². The summed E-state index contributed by atoms with van der Waals surface area (Å²) in [7, 11) is 0. The molecule has 0 bridgehead atoms. The van der Waals surface area contributed by atoms with Gasteiger partial charge in [0.25, 0.3) is 0 Å². The fraction of sp³-hybridized carbons (Fsp3) is 0.467. The van der Waals surface area contributed by atoms with Gasteiger partial charge in [-0.2, -0.15) is 0 Å². The summed E-state index contributed by atoms with van der Waals surface area (Å²) in [5, 5.41) is 6.90. The molecule has 2 heterocycles. The van der Waals surface area contributed by atoms with Crippen LogP contribution in [0.3, 0.4) is 0 Å². The summed E-state index contributed by atoms with van der Waals surface area (Å²) in [4.78, 5) is 16.5. The molecule has 6 heteroatoms. The van der Waals surface area contributed by atoms with E-state index in [0.29, 0.717) is 12.5 Å². The van der Waals surface area contributed by atoms with E-state index in [0.717, 1.165) is 33.9 Å². The van der Waals surface area contributed by atoms with E-state index in [1.807, 2.05) is 18.2 Å². The first-order valence-corrected chi connectivity index (χ1v) is 7.99. The maximum Gasteiger partial charge on any atom is 0.319 e. The van der Waals surface area contributed by atoms with Crippen molar-refractivity contribution in [2.24, 2.45) is 0 Å². The Kier molecular flexibility index (Phi) is 4.07. The second-order valence-electron chi connectivity index (χ2n) is 5.55. The number of benzene rings is 1. The SMILES string of the molecule is CC(C)c1nc2ccc(NC(=O)N[C@H]3CCOC3)cc2s1. The van der Waals surface area contributed by atoms with Crippen LogP contribution in [0.15, 0.2) is 18.2 Å². The van der Waals surface area contributed by atoms with Gasteiger partial charge in [0.05, 0.1) is 27.9 Å². The van der Waals surface area contributed by atoms with Crippen molar-refractivity contribution in [1.82, 2.24) is 10.3 Å². The standard InChI is InChI=1S/C15H19N3O2S/c1-9(2)14-18-12-4-3-10(7-13(12)21-14)16-15(19)17-11-5-6-20-8-11/h3-4,7,9,11H,5-6,8H2,1-2H3,(H2,16,17,19)/t11-/m0/s1. The molecule has 0 aliphatic carbocycles. The molecule has 3 rings (SSSR count). The van der Waals surface area contributed by atoms with Gasteiger partial charge in [0.1, 0.15) is 0 Å². The van der Waals surface area contributed by atoms with Crippen LogP contribution in [-0.4, -0.2) is 30.3 Å². The van der Waals surface area contributed by atoms with Crippen LogP contribution in [0.1, 0.15) is 31.2 Å². The van der Waals surface area contributed by atoms with Crippen LogP contribution < -0.4 is 10.6 Å². The molecule has 2 N–H and O–H groups in total. The Labute approximate surface area is 127 Å². The highest BCUT2D eigenvalue weighted by Gasteiger charge is 2.17. The second-order valence-corrected chi connectivity index (χ2v) is 6.61. The van der Waals surface area contributed by atoms with Gasteiger partial charge in [0.2, 0.25) is 0 Å². The molecule has 1 saturated heterocycles. The molecule has 1 fully saturated rings. The smallest absolute Gasteiger partial charge is 0.319 e. The van der Waals surface area contributed by atoms with Gasteiger partial charge in [-0.15, -0.1) is 11.3 Å². The lowest BCUT2D eigenvalue weighted by Crippen LogP contribution is -2.38. The molecule has 5 nitrogen and oxygen atoms in total. The van der Waals surface area contributed by atoms with Gasteiger partial charge in [-0.25, -0.2) is 9.78 Å². The topological polar surface area (TPSA) is 63.2 Å². The molecule has 1 atom stereocenters. The lowest BCUT2D eigenvalue weighted by Gasteiger charge is -2.11. The number of nitrogens with zero attached hydrogens (tertiary/aromatic N) is 1. The lowest BCUT2D eigenvalue weighted by molar-refractivity contribution is 0.189. The third kappa shape index (κ3) is 3.33. The molecule has 0 radical (unpaired) electrons. The summed E-state index contributed by atoms with van der Waals surface area (Å²) in [6.07, 6.45) is 0.874. The molecular weight excluding hydrogens is 286 g/mol. The number of fused-ring (bicyclic) bond motifs is 1. The Morgan fingerprint density at radius 1 is 1.48 bits per heavy atom. The molecule has 0 unspecified atom stereocenters. The minimum absolute atomic E-state index is 0.115. The van der Waals surface area contributed by atoms with Crippen molar-refractivity contribution in [2.45, 2.75) is 32.2 Å². The van der Waals surface area contributed by atoms with E-state index in [1.54, 1.807) is 11.3 Å². The Hall–Kier alpha value is -1.66. The molecule has 21 heavy (non-hydrogen) atoms. The van der Waals surface area contributed by atoms with Crippen molar-refractivity contribution in [3.63, 3.8) is 0 Å². The number of aromatic nitrogens is 1. The summed E-state index contributed by atoms with van der Waals surface area (Å²) in [6.45, 7) is 5.58. The number of carbonyl (C=O) groups is 1. The molecule has 1 aliphatic heterocycles. The summed E-state index contributed by atoms with van der Waals surface area (Å²) < 4.78 is 6.34. The second kappa shape index (κ2) is 5.99. The van der Waals surface area contributed by atoms with Crippen LogP contribution in [-0.2, 0) is 4.74 Å². The van der Waals surface area contributed by atoms with Gasteiger partial charge in [-0.1, -0.05) is 13.8 Å². The van der Waals surface area contributed by atoms with Gasteiger partial charge in [0.15, 0.2) is 0 Å². The Morgan fingerprint density at radius 3 is 3.05 bits per heavy atom. The molecule has 2 aromatic rings. The van der Waals surface area contributed by atoms with Gasteiger partial charge in [-0.3, -0.25) is 0 Å². The van der Waals surface area contributed by atoms with Crippen LogP contribution in [0.5, 0.6) is 0 Å². The van der Waals surface area contributed by atoms with Crippen LogP contribution in [0.2, 0.25) is 0 Å². The summed E-state index contributed by atoms with van der Waals surface area (Å²) in [6, 6.07) is 5.75. The fourth-order valence-corrected chi connectivity index (χ4v) is 3.28. The largest absolute Gasteiger partial charge is 0.379 e. The number of thiazole rings is 1. The molecule has 0 spiro atoms. The Balaban J connectivity index is 1.70. The maximum absolute atomic E-state index is 11.9. The minimum atomic E-state index is -0.182. The number of ether oxygens (including phenoxy) is 1. The zero-order valence-corrected chi connectivity index (χ0v) is 13.0. The number of hydrogen-bond acceptors (Lipinski definition) is 4. The summed E-state index contributed by atoms with van der Waals surface area (Å²) in [5.74, 6) is 0.421. The van der Waals surface area contributed by atoms with Crippen LogP contribution in [0.25, 0.3) is 10.2 Å². The molecular formula is C15H19N3O2S. The summed E-state index contributed by atoms with van der Waals surface area (Å²) in [5.41, 5.74) is 1.77. The monoisotopic (exact) mass is 305 g/mol. The Morgan fingerprint density at radius 2 is 2.33 bits per heavy atom. The van der Waals surface area contributed by atoms with E-state index in [9.17, 15) is 4.79 Å². The maximum atomic E-state index is 11.9. The molecule has 2 amide bonds. The van der Waals surface area contributed by atoms with Crippen molar-refractivity contribution in [3.05, 3.63) is 23.2 Å². The van der Waals surface area contributed by atoms with Gasteiger partial charge < -0.3 is 15.4 Å². The van der Waals surface area contributed by atoms with E-state index in [1.165, 1.54) is 0 Å². The molecule has 1 aliphatic rings. The number of nitrogens with one attached hydrogen (secondary N) is 2. The molecule has 112 valence electrons. The van der Waals surface area contributed by atoms with E-state index in [-0.39, 0.29) is 12.1 Å². The summed E-state index contributed by atoms with van der Waals surface area (Å²) >= 11 is 1.68. The highest BCUT2D eigenvalue weighted by molar-refractivity contribution is 7.18. The number of rotatable bonds is 3. The first kappa shape index (κ1) is 14.3. The quantitative estimate of drug-likeness (QED) is 0.914. The fourth-order valence-electron chi connectivity index (χ4n) is 2.27. The third-order valence-corrected chi connectivity index (χ3v) is 4.74. The van der Waals surface area contributed by atoms with Crippen molar-refractivity contribution < 1.29 is 9.53 Å². The predicted octanol–water partition coefficient (Wildman–Crippen LogP) is 3.33. The molecule has 1 aromatic heterocycles. The number of carbonyl (C=O) groups excluding carboxylic acids is 1. The van der Waals surface area contributed by atoms with E-state index >= 15 is 0 Å². The normalized spacial score (nSPS) is 18.3. The van der Waals surface area contributed by atoms with Crippen molar-refractivity contribution in [3.8, 4) is 0 Å². The third-order valence-electron chi connectivity index (χ3n) is 3.42. The zero-order chi connectivity index (χ0) is 14.8. The van der Waals surface area contributed by atoms with E-state index in [2.05, 4.69) is 29.5 Å². The highest BCUT2D eigenvalue weighted by Crippen LogP contribution is 2.29. The number of urea groups is 1. The van der Waals surface area contributed by atoms with Crippen LogP contribution >= 0.6 is 11.3 Å². The van der Waals surface area contributed by atoms with Crippen molar-refractivity contribution in [2.75, 3.05) is 18.5 Å². The van der Waals surface area contributed by atoms with E-state index in [4.69, 9.17) is 4.74 Å². The minimum Gasteiger partial charge on any atom is -0.379 e. The number of amides is 2. The van der Waals surface area contributed by atoms with E-state index < -0.39 is 0 Å². The first-order chi connectivity index (χ1) is 10.1.